The third-order valence-electron chi connectivity index (χ3n) is 4.77. The van der Waals surface area contributed by atoms with Gasteiger partial charge in [-0.15, -0.1) is 0 Å². The average molecular weight is 382 g/mol. The molecule has 0 bridgehead atoms. The maximum absolute atomic E-state index is 12.8. The van der Waals surface area contributed by atoms with Crippen molar-refractivity contribution in [2.45, 2.75) is 39.2 Å². The zero-order valence-electron chi connectivity index (χ0n) is 16.5. The summed E-state index contributed by atoms with van der Waals surface area (Å²) in [6.45, 7) is 6.24. The molecule has 1 aliphatic rings. The predicted octanol–water partition coefficient (Wildman–Crippen LogP) is 2.95. The molecule has 0 aliphatic carbocycles. The maximum Gasteiger partial charge on any atom is 0.270 e. The maximum atomic E-state index is 12.8. The minimum Gasteiger partial charge on any atom is -0.508 e. The molecule has 0 aromatic heterocycles. The Morgan fingerprint density at radius 2 is 1.89 bits per heavy atom. The number of benzene rings is 2. The van der Waals surface area contributed by atoms with Crippen LogP contribution in [0.1, 0.15) is 31.4 Å². The van der Waals surface area contributed by atoms with Crippen LogP contribution in [-0.4, -0.2) is 35.6 Å². The van der Waals surface area contributed by atoms with Crippen LogP contribution in [0.3, 0.4) is 0 Å². The zero-order valence-corrected chi connectivity index (χ0v) is 16.5. The Bertz CT molecular complexity index is 875. The van der Waals surface area contributed by atoms with Crippen LogP contribution in [0.15, 0.2) is 42.5 Å². The smallest absolute Gasteiger partial charge is 0.270 e. The number of fused-ring (bicyclic) bond motifs is 1. The highest BCUT2D eigenvalue weighted by Crippen LogP contribution is 2.38. The lowest BCUT2D eigenvalue weighted by molar-refractivity contribution is -0.132. The fourth-order valence-corrected chi connectivity index (χ4v) is 3.21. The fraction of sp³-hybridized carbons (Fsp3) is 0.364. The van der Waals surface area contributed by atoms with Gasteiger partial charge in [0.15, 0.2) is 5.60 Å². The van der Waals surface area contributed by atoms with Crippen molar-refractivity contribution in [3.8, 4) is 11.5 Å². The highest BCUT2D eigenvalue weighted by atomic mass is 16.5. The Labute approximate surface area is 165 Å². The number of hydrogen-bond acceptors (Lipinski definition) is 4. The van der Waals surface area contributed by atoms with E-state index < -0.39 is 5.60 Å². The van der Waals surface area contributed by atoms with Crippen molar-refractivity contribution in [2.24, 2.45) is 0 Å². The number of hydrogen-bond donors (Lipinski definition) is 2. The van der Waals surface area contributed by atoms with Crippen LogP contribution in [-0.2, 0) is 16.0 Å². The molecule has 6 heteroatoms. The van der Waals surface area contributed by atoms with Crippen LogP contribution < -0.4 is 15.0 Å². The van der Waals surface area contributed by atoms with Crippen LogP contribution in [0.2, 0.25) is 0 Å². The molecule has 2 amide bonds. The molecule has 3 rings (SSSR count). The van der Waals surface area contributed by atoms with E-state index in [1.807, 2.05) is 37.3 Å². The standard InChI is InChI=1S/C22H26N2O4/c1-15-4-9-19-18(14-15)24(21(27)22(2,3)28-19)13-11-20(26)23-12-10-16-5-7-17(25)8-6-16/h4-9,14,25H,10-13H2,1-3H3,(H,23,26). The number of carbonyl (C=O) groups is 2. The van der Waals surface area contributed by atoms with Gasteiger partial charge in [-0.2, -0.15) is 0 Å². The lowest BCUT2D eigenvalue weighted by atomic mass is 10.0. The third-order valence-corrected chi connectivity index (χ3v) is 4.77. The minimum absolute atomic E-state index is 0.106. The molecule has 2 aromatic carbocycles. The largest absolute Gasteiger partial charge is 0.508 e. The summed E-state index contributed by atoms with van der Waals surface area (Å²) in [4.78, 5) is 26.7. The molecule has 0 unspecified atom stereocenters. The summed E-state index contributed by atoms with van der Waals surface area (Å²) in [5.74, 6) is 0.622. The molecule has 0 saturated heterocycles. The van der Waals surface area contributed by atoms with Gasteiger partial charge in [-0.3, -0.25) is 9.59 Å². The number of carbonyl (C=O) groups excluding carboxylic acids is 2. The highest BCUT2D eigenvalue weighted by Gasteiger charge is 2.40. The normalized spacial score (nSPS) is 15.0. The van der Waals surface area contributed by atoms with E-state index in [1.54, 1.807) is 30.9 Å². The van der Waals surface area contributed by atoms with E-state index in [0.29, 0.717) is 30.9 Å². The Morgan fingerprint density at radius 3 is 2.61 bits per heavy atom. The van der Waals surface area contributed by atoms with Gasteiger partial charge in [0.1, 0.15) is 11.5 Å². The van der Waals surface area contributed by atoms with Gasteiger partial charge in [0.25, 0.3) is 5.91 Å². The highest BCUT2D eigenvalue weighted by molar-refractivity contribution is 6.02. The van der Waals surface area contributed by atoms with Crippen LogP contribution in [0.5, 0.6) is 11.5 Å². The number of rotatable bonds is 6. The lowest BCUT2D eigenvalue weighted by Gasteiger charge is -2.38. The molecule has 0 spiro atoms. The molecule has 0 atom stereocenters. The van der Waals surface area contributed by atoms with E-state index in [4.69, 9.17) is 4.74 Å². The number of ether oxygens (including phenoxy) is 1. The topological polar surface area (TPSA) is 78.9 Å². The summed E-state index contributed by atoms with van der Waals surface area (Å²) in [6.07, 6.45) is 0.891. The van der Waals surface area contributed by atoms with Crippen molar-refractivity contribution in [1.82, 2.24) is 5.32 Å². The molecule has 28 heavy (non-hydrogen) atoms. The van der Waals surface area contributed by atoms with E-state index in [-0.39, 0.29) is 24.0 Å². The van der Waals surface area contributed by atoms with Gasteiger partial charge in [-0.25, -0.2) is 0 Å². The number of anilines is 1. The van der Waals surface area contributed by atoms with E-state index in [2.05, 4.69) is 5.32 Å². The number of phenols is 1. The van der Waals surface area contributed by atoms with Crippen molar-refractivity contribution in [1.29, 1.82) is 0 Å². The molecular weight excluding hydrogens is 356 g/mol. The van der Waals surface area contributed by atoms with Gasteiger partial charge in [-0.05, 0) is 62.6 Å². The van der Waals surface area contributed by atoms with Gasteiger partial charge in [-0.1, -0.05) is 18.2 Å². The Balaban J connectivity index is 1.58. The Kier molecular flexibility index (Phi) is 5.58. The van der Waals surface area contributed by atoms with E-state index >= 15 is 0 Å². The summed E-state index contributed by atoms with van der Waals surface area (Å²) < 4.78 is 5.84. The zero-order chi connectivity index (χ0) is 20.3. The molecular formula is C22H26N2O4. The second-order valence-electron chi connectivity index (χ2n) is 7.56. The molecule has 1 aliphatic heterocycles. The number of aryl methyl sites for hydroxylation is 1. The van der Waals surface area contributed by atoms with Crippen molar-refractivity contribution in [2.75, 3.05) is 18.0 Å². The average Bonchev–Trinajstić information content (AvgIpc) is 2.64. The molecule has 1 heterocycles. The number of nitrogens with zero attached hydrogens (tertiary/aromatic N) is 1. The summed E-state index contributed by atoms with van der Waals surface area (Å²) in [7, 11) is 0. The fourth-order valence-electron chi connectivity index (χ4n) is 3.21. The van der Waals surface area contributed by atoms with Gasteiger partial charge in [0.05, 0.1) is 5.69 Å². The second kappa shape index (κ2) is 7.92. The number of phenolic OH excluding ortho intramolecular Hbond substituents is 1. The number of aromatic hydroxyl groups is 1. The van der Waals surface area contributed by atoms with Crippen LogP contribution in [0.25, 0.3) is 0 Å². The number of nitrogens with one attached hydrogen (secondary N) is 1. The quantitative estimate of drug-likeness (QED) is 0.805. The summed E-state index contributed by atoms with van der Waals surface area (Å²) in [5.41, 5.74) is 1.81. The van der Waals surface area contributed by atoms with E-state index in [9.17, 15) is 14.7 Å². The summed E-state index contributed by atoms with van der Waals surface area (Å²) >= 11 is 0. The van der Waals surface area contributed by atoms with E-state index in [1.165, 1.54) is 0 Å². The first-order valence-electron chi connectivity index (χ1n) is 9.42. The van der Waals surface area contributed by atoms with Crippen LogP contribution >= 0.6 is 0 Å². The molecule has 2 aromatic rings. The third kappa shape index (κ3) is 4.44. The van der Waals surface area contributed by atoms with Gasteiger partial charge in [0, 0.05) is 19.5 Å². The van der Waals surface area contributed by atoms with Crippen molar-refractivity contribution in [3.05, 3.63) is 53.6 Å². The molecule has 0 radical (unpaired) electrons. The number of amides is 2. The lowest BCUT2D eigenvalue weighted by Crippen LogP contribution is -2.53. The molecule has 148 valence electrons. The Morgan fingerprint density at radius 1 is 1.18 bits per heavy atom. The molecule has 2 N–H and O–H groups in total. The first kappa shape index (κ1) is 19.7. The Hall–Kier alpha value is -3.02. The monoisotopic (exact) mass is 382 g/mol. The molecule has 0 saturated carbocycles. The molecule has 0 fully saturated rings. The first-order chi connectivity index (χ1) is 13.3. The van der Waals surface area contributed by atoms with Crippen molar-refractivity contribution >= 4 is 17.5 Å². The SMILES string of the molecule is Cc1ccc2c(c1)N(CCC(=O)NCCc1ccc(O)cc1)C(=O)C(C)(C)O2. The van der Waals surface area contributed by atoms with Crippen LogP contribution in [0, 0.1) is 6.92 Å². The van der Waals surface area contributed by atoms with Gasteiger partial charge >= 0.3 is 0 Å². The minimum atomic E-state index is -0.961. The molecule has 6 nitrogen and oxygen atoms in total. The van der Waals surface area contributed by atoms with Crippen molar-refractivity contribution < 1.29 is 19.4 Å². The van der Waals surface area contributed by atoms with Gasteiger partial charge < -0.3 is 20.1 Å². The predicted molar refractivity (Wildman–Crippen MR) is 108 cm³/mol. The summed E-state index contributed by atoms with van der Waals surface area (Å²) in [6, 6.07) is 12.6. The van der Waals surface area contributed by atoms with Crippen LogP contribution in [0.4, 0.5) is 5.69 Å². The first-order valence-corrected chi connectivity index (χ1v) is 9.42. The second-order valence-corrected chi connectivity index (χ2v) is 7.56. The van der Waals surface area contributed by atoms with Gasteiger partial charge in [0.2, 0.25) is 5.91 Å². The summed E-state index contributed by atoms with van der Waals surface area (Å²) in [5, 5.41) is 12.2. The van der Waals surface area contributed by atoms with Crippen molar-refractivity contribution in [3.63, 3.8) is 0 Å². The van der Waals surface area contributed by atoms with E-state index in [0.717, 1.165) is 11.1 Å².